The van der Waals surface area contributed by atoms with E-state index in [-0.39, 0.29) is 25.5 Å². The number of aliphatic hydroxyl groups excluding tert-OH is 1. The van der Waals surface area contributed by atoms with Gasteiger partial charge in [0.2, 0.25) is 5.91 Å². The van der Waals surface area contributed by atoms with E-state index in [1.807, 2.05) is 13.8 Å². The van der Waals surface area contributed by atoms with Crippen LogP contribution in [0.2, 0.25) is 0 Å². The van der Waals surface area contributed by atoms with Gasteiger partial charge in [0.25, 0.3) is 5.91 Å². The lowest BCUT2D eigenvalue weighted by Crippen LogP contribution is -2.43. The molecule has 7 heteroatoms. The zero-order valence-electron chi connectivity index (χ0n) is 11.5. The van der Waals surface area contributed by atoms with Crippen molar-refractivity contribution in [2.45, 2.75) is 26.4 Å². The molecule has 0 saturated carbocycles. The molecule has 1 heterocycles. The van der Waals surface area contributed by atoms with E-state index in [4.69, 9.17) is 0 Å². The van der Waals surface area contributed by atoms with Gasteiger partial charge in [-0.1, -0.05) is 13.8 Å². The Bertz CT molecular complexity index is 370. The molecule has 1 aliphatic rings. The van der Waals surface area contributed by atoms with Gasteiger partial charge in [0.05, 0.1) is 6.10 Å². The number of nitrogens with one attached hydrogen (secondary N) is 1. The van der Waals surface area contributed by atoms with Crippen molar-refractivity contribution in [2.75, 3.05) is 26.7 Å². The van der Waals surface area contributed by atoms with Gasteiger partial charge >= 0.3 is 6.03 Å². The summed E-state index contributed by atoms with van der Waals surface area (Å²) in [5, 5.41) is 12.1. The highest BCUT2D eigenvalue weighted by Gasteiger charge is 2.34. The Morgan fingerprint density at radius 2 is 2.05 bits per heavy atom. The Labute approximate surface area is 112 Å². The molecule has 1 saturated heterocycles. The predicted octanol–water partition coefficient (Wildman–Crippen LogP) is -0.596. The van der Waals surface area contributed by atoms with E-state index in [1.165, 1.54) is 11.9 Å². The lowest BCUT2D eigenvalue weighted by Gasteiger charge is -2.16. The third-order valence-corrected chi connectivity index (χ3v) is 2.81. The Morgan fingerprint density at radius 1 is 1.42 bits per heavy atom. The van der Waals surface area contributed by atoms with E-state index in [0.717, 1.165) is 4.90 Å². The molecular formula is C12H21N3O4. The first-order valence-corrected chi connectivity index (χ1v) is 6.31. The van der Waals surface area contributed by atoms with E-state index >= 15 is 0 Å². The van der Waals surface area contributed by atoms with Gasteiger partial charge in [0.15, 0.2) is 0 Å². The second-order valence-electron chi connectivity index (χ2n) is 5.21. The van der Waals surface area contributed by atoms with Gasteiger partial charge in [-0.05, 0) is 12.3 Å². The third-order valence-electron chi connectivity index (χ3n) is 2.81. The van der Waals surface area contributed by atoms with Crippen molar-refractivity contribution < 1.29 is 19.5 Å². The molecule has 1 fully saturated rings. The van der Waals surface area contributed by atoms with Crippen LogP contribution < -0.4 is 5.32 Å². The van der Waals surface area contributed by atoms with Gasteiger partial charge in [-0.25, -0.2) is 4.79 Å². The second kappa shape index (κ2) is 6.51. The molecule has 7 nitrogen and oxygen atoms in total. The molecule has 1 atom stereocenters. The number of carbonyl (C=O) groups is 3. The minimum absolute atomic E-state index is 0.00207. The minimum atomic E-state index is -0.614. The number of hydrogen-bond acceptors (Lipinski definition) is 4. The first-order chi connectivity index (χ1) is 8.81. The van der Waals surface area contributed by atoms with Crippen LogP contribution in [0.1, 0.15) is 20.3 Å². The highest BCUT2D eigenvalue weighted by atomic mass is 16.3. The molecule has 0 aromatic carbocycles. The van der Waals surface area contributed by atoms with Crippen molar-refractivity contribution in [3.63, 3.8) is 0 Å². The molecule has 0 aromatic heterocycles. The first kappa shape index (κ1) is 15.4. The van der Waals surface area contributed by atoms with Gasteiger partial charge in [0.1, 0.15) is 13.1 Å². The van der Waals surface area contributed by atoms with Crippen molar-refractivity contribution in [3.05, 3.63) is 0 Å². The number of urea groups is 1. The number of nitrogens with zero attached hydrogens (tertiary/aromatic N) is 2. The van der Waals surface area contributed by atoms with E-state index in [0.29, 0.717) is 12.3 Å². The largest absolute Gasteiger partial charge is 0.391 e. The number of amides is 4. The molecule has 108 valence electrons. The fourth-order valence-corrected chi connectivity index (χ4v) is 1.88. The van der Waals surface area contributed by atoms with Crippen molar-refractivity contribution in [1.29, 1.82) is 0 Å². The van der Waals surface area contributed by atoms with Crippen LogP contribution in [0.3, 0.4) is 0 Å². The van der Waals surface area contributed by atoms with Gasteiger partial charge in [-0.15, -0.1) is 0 Å². The number of carbonyl (C=O) groups excluding carboxylic acids is 3. The molecule has 1 aliphatic heterocycles. The maximum Gasteiger partial charge on any atom is 0.327 e. The van der Waals surface area contributed by atoms with Gasteiger partial charge in [-0.3, -0.25) is 14.5 Å². The predicted molar refractivity (Wildman–Crippen MR) is 68.2 cm³/mol. The molecule has 1 unspecified atom stereocenters. The van der Waals surface area contributed by atoms with E-state index in [2.05, 4.69) is 5.32 Å². The van der Waals surface area contributed by atoms with Gasteiger partial charge in [-0.2, -0.15) is 0 Å². The molecule has 4 amide bonds. The van der Waals surface area contributed by atoms with Crippen LogP contribution in [0, 0.1) is 5.92 Å². The average molecular weight is 271 g/mol. The number of likely N-dealkylation sites (N-methyl/N-ethyl adjacent to an activating group) is 1. The smallest absolute Gasteiger partial charge is 0.327 e. The maximum absolute atomic E-state index is 11.6. The molecule has 1 rings (SSSR count). The summed E-state index contributed by atoms with van der Waals surface area (Å²) in [5.74, 6) is -0.493. The Hall–Kier alpha value is -1.63. The zero-order chi connectivity index (χ0) is 14.6. The average Bonchev–Trinajstić information content (AvgIpc) is 2.52. The van der Waals surface area contributed by atoms with Crippen molar-refractivity contribution in [3.8, 4) is 0 Å². The number of rotatable bonds is 6. The summed E-state index contributed by atoms with van der Waals surface area (Å²) in [7, 11) is 1.50. The van der Waals surface area contributed by atoms with Crippen LogP contribution in [-0.2, 0) is 9.59 Å². The summed E-state index contributed by atoms with van der Waals surface area (Å²) in [6.07, 6.45) is -0.0264. The fraction of sp³-hybridized carbons (Fsp3) is 0.750. The molecule has 0 aromatic rings. The quantitative estimate of drug-likeness (QED) is 0.631. The summed E-state index contributed by atoms with van der Waals surface area (Å²) in [6, 6.07) is -0.470. The highest BCUT2D eigenvalue weighted by molar-refractivity contribution is 6.04. The van der Waals surface area contributed by atoms with E-state index in [9.17, 15) is 19.5 Å². The Balaban J connectivity index is 2.35. The number of imide groups is 1. The van der Waals surface area contributed by atoms with Crippen LogP contribution in [0.4, 0.5) is 4.79 Å². The van der Waals surface area contributed by atoms with Gasteiger partial charge in [0, 0.05) is 13.6 Å². The van der Waals surface area contributed by atoms with Crippen LogP contribution in [0.5, 0.6) is 0 Å². The molecular weight excluding hydrogens is 250 g/mol. The van der Waals surface area contributed by atoms with E-state index < -0.39 is 18.0 Å². The molecule has 0 aliphatic carbocycles. The summed E-state index contributed by atoms with van der Waals surface area (Å²) in [6.45, 7) is 3.78. The fourth-order valence-electron chi connectivity index (χ4n) is 1.88. The Kier molecular flexibility index (Phi) is 5.29. The summed E-state index contributed by atoms with van der Waals surface area (Å²) < 4.78 is 0. The first-order valence-electron chi connectivity index (χ1n) is 6.31. The molecule has 19 heavy (non-hydrogen) atoms. The maximum atomic E-state index is 11.6. The SMILES string of the molecule is CC(C)CC(O)CNC(=O)CN1C(=O)CN(C)C1=O. The summed E-state index contributed by atoms with van der Waals surface area (Å²) >= 11 is 0. The van der Waals surface area contributed by atoms with Crippen molar-refractivity contribution >= 4 is 17.8 Å². The molecule has 0 spiro atoms. The van der Waals surface area contributed by atoms with Crippen LogP contribution in [0.25, 0.3) is 0 Å². The monoisotopic (exact) mass is 271 g/mol. The van der Waals surface area contributed by atoms with E-state index in [1.54, 1.807) is 0 Å². The van der Waals surface area contributed by atoms with Crippen LogP contribution in [0.15, 0.2) is 0 Å². The topological polar surface area (TPSA) is 89.9 Å². The highest BCUT2D eigenvalue weighted by Crippen LogP contribution is 2.07. The zero-order valence-corrected chi connectivity index (χ0v) is 11.5. The molecule has 0 bridgehead atoms. The normalized spacial score (nSPS) is 17.3. The summed E-state index contributed by atoms with van der Waals surface area (Å²) in [4.78, 5) is 36.7. The lowest BCUT2D eigenvalue weighted by atomic mass is 10.1. The standard InChI is InChI=1S/C12H21N3O4/c1-8(2)4-9(16)5-13-10(17)6-15-11(18)7-14(3)12(15)19/h8-9,16H,4-7H2,1-3H3,(H,13,17). The van der Waals surface area contributed by atoms with Crippen LogP contribution >= 0.6 is 0 Å². The molecule has 0 radical (unpaired) electrons. The van der Waals surface area contributed by atoms with Crippen molar-refractivity contribution in [2.24, 2.45) is 5.92 Å². The minimum Gasteiger partial charge on any atom is -0.391 e. The van der Waals surface area contributed by atoms with Crippen LogP contribution in [-0.4, -0.2) is 65.5 Å². The summed E-state index contributed by atoms with van der Waals surface area (Å²) in [5.41, 5.74) is 0. The van der Waals surface area contributed by atoms with Gasteiger partial charge < -0.3 is 15.3 Å². The third kappa shape index (κ3) is 4.51. The van der Waals surface area contributed by atoms with Crippen molar-refractivity contribution in [1.82, 2.24) is 15.1 Å². The second-order valence-corrected chi connectivity index (χ2v) is 5.21. The molecule has 2 N–H and O–H groups in total. The Morgan fingerprint density at radius 3 is 2.53 bits per heavy atom. The number of aliphatic hydroxyl groups is 1. The number of hydrogen-bond donors (Lipinski definition) is 2. The lowest BCUT2D eigenvalue weighted by molar-refractivity contribution is -0.130.